The fraction of sp³-hybridized carbons (Fsp3) is 0.292. The summed E-state index contributed by atoms with van der Waals surface area (Å²) < 4.78 is 7.63. The van der Waals surface area contributed by atoms with Gasteiger partial charge in [-0.3, -0.25) is 14.5 Å². The lowest BCUT2D eigenvalue weighted by atomic mass is 10.1. The van der Waals surface area contributed by atoms with E-state index in [2.05, 4.69) is 17.1 Å². The Morgan fingerprint density at radius 1 is 1.13 bits per heavy atom. The van der Waals surface area contributed by atoms with Gasteiger partial charge in [-0.15, -0.1) is 0 Å². The number of morpholine rings is 1. The van der Waals surface area contributed by atoms with E-state index >= 15 is 0 Å². The highest BCUT2D eigenvalue weighted by molar-refractivity contribution is 5.93. The predicted octanol–water partition coefficient (Wildman–Crippen LogP) is 3.64. The monoisotopic (exact) mass is 402 g/mol. The van der Waals surface area contributed by atoms with Crippen LogP contribution in [0.1, 0.15) is 25.0 Å². The number of aromatic nitrogens is 3. The van der Waals surface area contributed by atoms with Gasteiger partial charge in [-0.25, -0.2) is 0 Å². The number of pyridine rings is 1. The minimum absolute atomic E-state index is 0.00931. The zero-order chi connectivity index (χ0) is 20.9. The number of carbonyl (C=O) groups excluding carboxylic acids is 1. The summed E-state index contributed by atoms with van der Waals surface area (Å²) in [4.78, 5) is 18.8. The minimum Gasteiger partial charge on any atom is -0.372 e. The van der Waals surface area contributed by atoms with Crippen LogP contribution in [-0.4, -0.2) is 50.9 Å². The second kappa shape index (κ2) is 9.05. The first-order valence-corrected chi connectivity index (χ1v) is 10.2. The molecule has 6 nitrogen and oxygen atoms in total. The Morgan fingerprint density at radius 2 is 1.90 bits per heavy atom. The van der Waals surface area contributed by atoms with Crippen LogP contribution in [0.5, 0.6) is 0 Å². The van der Waals surface area contributed by atoms with Crippen LogP contribution in [0.15, 0.2) is 67.1 Å². The van der Waals surface area contributed by atoms with Crippen LogP contribution in [0.2, 0.25) is 0 Å². The van der Waals surface area contributed by atoms with E-state index in [0.29, 0.717) is 19.6 Å². The van der Waals surface area contributed by atoms with Crippen molar-refractivity contribution in [3.05, 3.63) is 78.3 Å². The van der Waals surface area contributed by atoms with Crippen LogP contribution in [0.4, 0.5) is 0 Å². The molecule has 1 amide bonds. The molecule has 3 heterocycles. The second-order valence-corrected chi connectivity index (χ2v) is 7.69. The summed E-state index contributed by atoms with van der Waals surface area (Å²) in [5.41, 5.74) is 3.79. The standard InChI is InChI=1S/C24H26N4O2/c1-18-14-27(15-19(2)30-18)23(29)11-10-22-17-28(16-20-7-4-3-5-8-20)26-24(22)21-9-6-12-25-13-21/h3-13,17-19H,14-16H2,1-2H3. The summed E-state index contributed by atoms with van der Waals surface area (Å²) in [6.45, 7) is 5.86. The van der Waals surface area contributed by atoms with Gasteiger partial charge in [0.15, 0.2) is 0 Å². The predicted molar refractivity (Wildman–Crippen MR) is 117 cm³/mol. The van der Waals surface area contributed by atoms with Gasteiger partial charge in [0.2, 0.25) is 5.91 Å². The van der Waals surface area contributed by atoms with E-state index in [9.17, 15) is 4.79 Å². The summed E-state index contributed by atoms with van der Waals surface area (Å²) in [5, 5.41) is 4.77. The van der Waals surface area contributed by atoms with Crippen molar-refractivity contribution in [2.75, 3.05) is 13.1 Å². The topological polar surface area (TPSA) is 60.2 Å². The molecule has 154 valence electrons. The first-order chi connectivity index (χ1) is 14.6. The Hall–Kier alpha value is -3.25. The van der Waals surface area contributed by atoms with E-state index in [-0.39, 0.29) is 18.1 Å². The zero-order valence-corrected chi connectivity index (χ0v) is 17.3. The molecule has 2 unspecified atom stereocenters. The lowest BCUT2D eigenvalue weighted by molar-refractivity contribution is -0.137. The lowest BCUT2D eigenvalue weighted by Crippen LogP contribution is -2.47. The molecule has 1 aliphatic rings. The van der Waals surface area contributed by atoms with Crippen molar-refractivity contribution in [3.63, 3.8) is 0 Å². The molecule has 0 N–H and O–H groups in total. The van der Waals surface area contributed by atoms with E-state index in [1.54, 1.807) is 18.5 Å². The van der Waals surface area contributed by atoms with Gasteiger partial charge >= 0.3 is 0 Å². The third-order valence-electron chi connectivity index (χ3n) is 5.05. The van der Waals surface area contributed by atoms with Crippen molar-refractivity contribution in [1.82, 2.24) is 19.7 Å². The van der Waals surface area contributed by atoms with E-state index < -0.39 is 0 Å². The Morgan fingerprint density at radius 3 is 2.60 bits per heavy atom. The molecule has 4 rings (SSSR count). The fourth-order valence-corrected chi connectivity index (χ4v) is 3.76. The van der Waals surface area contributed by atoms with Crippen molar-refractivity contribution in [1.29, 1.82) is 0 Å². The van der Waals surface area contributed by atoms with Crippen molar-refractivity contribution >= 4 is 12.0 Å². The Labute approximate surface area is 176 Å². The van der Waals surface area contributed by atoms with E-state index in [1.807, 2.05) is 66.0 Å². The molecular weight excluding hydrogens is 376 g/mol. The van der Waals surface area contributed by atoms with E-state index in [0.717, 1.165) is 16.8 Å². The largest absolute Gasteiger partial charge is 0.372 e. The summed E-state index contributed by atoms with van der Waals surface area (Å²) in [7, 11) is 0. The number of hydrogen-bond acceptors (Lipinski definition) is 4. The number of nitrogens with zero attached hydrogens (tertiary/aromatic N) is 4. The maximum atomic E-state index is 12.8. The molecule has 30 heavy (non-hydrogen) atoms. The van der Waals surface area contributed by atoms with Gasteiger partial charge in [0.25, 0.3) is 0 Å². The van der Waals surface area contributed by atoms with Gasteiger partial charge in [-0.2, -0.15) is 5.10 Å². The molecule has 1 aromatic carbocycles. The Kier molecular flexibility index (Phi) is 6.05. The number of carbonyl (C=O) groups is 1. The molecule has 1 aliphatic heterocycles. The van der Waals surface area contributed by atoms with Crippen LogP contribution in [-0.2, 0) is 16.1 Å². The van der Waals surface area contributed by atoms with Crippen LogP contribution < -0.4 is 0 Å². The van der Waals surface area contributed by atoms with Gasteiger partial charge in [0, 0.05) is 48.9 Å². The Balaban J connectivity index is 1.59. The van der Waals surface area contributed by atoms with Crippen LogP contribution in [0, 0.1) is 0 Å². The maximum absolute atomic E-state index is 12.8. The molecule has 3 aromatic rings. The van der Waals surface area contributed by atoms with Gasteiger partial charge in [0.05, 0.1) is 18.8 Å². The average molecular weight is 402 g/mol. The van der Waals surface area contributed by atoms with Gasteiger partial charge in [-0.05, 0) is 37.6 Å². The zero-order valence-electron chi connectivity index (χ0n) is 17.3. The number of amides is 1. The fourth-order valence-electron chi connectivity index (χ4n) is 3.76. The smallest absolute Gasteiger partial charge is 0.246 e. The molecule has 0 aliphatic carbocycles. The summed E-state index contributed by atoms with van der Waals surface area (Å²) in [6, 6.07) is 14.1. The first-order valence-electron chi connectivity index (χ1n) is 10.2. The normalized spacial score (nSPS) is 19.3. The van der Waals surface area contributed by atoms with Gasteiger partial charge in [-0.1, -0.05) is 30.3 Å². The average Bonchev–Trinajstić information content (AvgIpc) is 3.15. The molecular formula is C24H26N4O2. The van der Waals surface area contributed by atoms with Crippen LogP contribution in [0.3, 0.4) is 0 Å². The third-order valence-corrected chi connectivity index (χ3v) is 5.05. The molecule has 2 atom stereocenters. The molecule has 2 aromatic heterocycles. The summed E-state index contributed by atoms with van der Waals surface area (Å²) in [5.74, 6) is -0.00931. The second-order valence-electron chi connectivity index (χ2n) is 7.69. The number of ether oxygens (including phenoxy) is 1. The number of hydrogen-bond donors (Lipinski definition) is 0. The lowest BCUT2D eigenvalue weighted by Gasteiger charge is -2.34. The highest BCUT2D eigenvalue weighted by atomic mass is 16.5. The molecule has 0 radical (unpaired) electrons. The number of rotatable bonds is 5. The van der Waals surface area contributed by atoms with Crippen molar-refractivity contribution in [3.8, 4) is 11.3 Å². The minimum atomic E-state index is -0.00931. The van der Waals surface area contributed by atoms with E-state index in [1.165, 1.54) is 5.56 Å². The number of benzene rings is 1. The summed E-state index contributed by atoms with van der Waals surface area (Å²) >= 11 is 0. The molecule has 1 saturated heterocycles. The quantitative estimate of drug-likeness (QED) is 0.612. The Bertz CT molecular complexity index is 1000. The van der Waals surface area contributed by atoms with Gasteiger partial charge in [0.1, 0.15) is 5.69 Å². The highest BCUT2D eigenvalue weighted by Crippen LogP contribution is 2.23. The van der Waals surface area contributed by atoms with Crippen LogP contribution >= 0.6 is 0 Å². The van der Waals surface area contributed by atoms with Gasteiger partial charge < -0.3 is 9.64 Å². The third kappa shape index (κ3) is 4.83. The highest BCUT2D eigenvalue weighted by Gasteiger charge is 2.24. The summed E-state index contributed by atoms with van der Waals surface area (Å²) in [6.07, 6.45) is 9.09. The SMILES string of the molecule is CC1CN(C(=O)C=Cc2cn(Cc3ccccc3)nc2-c2cccnc2)CC(C)O1. The van der Waals surface area contributed by atoms with Crippen molar-refractivity contribution < 1.29 is 9.53 Å². The molecule has 0 saturated carbocycles. The van der Waals surface area contributed by atoms with Crippen molar-refractivity contribution in [2.45, 2.75) is 32.6 Å². The van der Waals surface area contributed by atoms with E-state index in [4.69, 9.17) is 9.84 Å². The molecule has 6 heteroatoms. The first kappa shape index (κ1) is 20.0. The van der Waals surface area contributed by atoms with Crippen molar-refractivity contribution in [2.24, 2.45) is 0 Å². The maximum Gasteiger partial charge on any atom is 0.246 e. The molecule has 0 bridgehead atoms. The molecule has 1 fully saturated rings. The molecule has 0 spiro atoms. The van der Waals surface area contributed by atoms with Crippen LogP contribution in [0.25, 0.3) is 17.3 Å².